The Balaban J connectivity index is 1.73. The molecule has 5 rings (SSSR count). The Morgan fingerprint density at radius 3 is 2.46 bits per heavy atom. The van der Waals surface area contributed by atoms with Gasteiger partial charge in [-0.3, -0.25) is 0 Å². The van der Waals surface area contributed by atoms with Crippen LogP contribution in [0.15, 0.2) is 79.4 Å². The lowest BCUT2D eigenvalue weighted by atomic mass is 9.91. The fourth-order valence-electron chi connectivity index (χ4n) is 4.07. The first-order chi connectivity index (χ1) is 12.9. The third-order valence-corrected chi connectivity index (χ3v) is 5.25. The van der Waals surface area contributed by atoms with Crippen LogP contribution in [0.25, 0.3) is 22.4 Å². The van der Waals surface area contributed by atoms with Crippen molar-refractivity contribution in [2.75, 3.05) is 0 Å². The summed E-state index contributed by atoms with van der Waals surface area (Å²) >= 11 is 0. The van der Waals surface area contributed by atoms with Gasteiger partial charge in [0.25, 0.3) is 0 Å². The number of rotatable bonds is 3. The van der Waals surface area contributed by atoms with Crippen molar-refractivity contribution < 1.29 is 4.84 Å². The summed E-state index contributed by atoms with van der Waals surface area (Å²) in [6, 6.07) is 23.4. The topological polar surface area (TPSA) is 21.3 Å². The van der Waals surface area contributed by atoms with E-state index in [4.69, 9.17) is 4.84 Å². The number of benzene rings is 3. The Morgan fingerprint density at radius 2 is 1.58 bits per heavy atom. The maximum Gasteiger partial charge on any atom is 0.162 e. The average Bonchev–Trinajstić information content (AvgIpc) is 3.07. The van der Waals surface area contributed by atoms with Crippen molar-refractivity contribution in [3.05, 3.63) is 102 Å². The maximum absolute atomic E-state index is 5.86. The van der Waals surface area contributed by atoms with Crippen LogP contribution >= 0.6 is 0 Å². The van der Waals surface area contributed by atoms with Crippen molar-refractivity contribution in [2.24, 2.45) is 0 Å². The van der Waals surface area contributed by atoms with E-state index in [1.807, 2.05) is 18.2 Å². The molecule has 1 N–H and O–H groups in total. The standard InChI is InChI=1S/C24H19NO/c1-2-8-20-19-11-5-6-14-23(19)26-25-24(20)21-13-7-12-18-17-10-4-3-9-16(17)15-22(18)21/h2-7,9-14,25H,1,8,15H2. The minimum absolute atomic E-state index is 0.791. The summed E-state index contributed by atoms with van der Waals surface area (Å²) in [5.74, 6) is 0.865. The molecule has 0 aromatic heterocycles. The summed E-state index contributed by atoms with van der Waals surface area (Å²) in [6.45, 7) is 3.96. The number of fused-ring (bicyclic) bond motifs is 4. The van der Waals surface area contributed by atoms with Crippen molar-refractivity contribution in [3.63, 3.8) is 0 Å². The summed E-state index contributed by atoms with van der Waals surface area (Å²) in [4.78, 5) is 5.86. The van der Waals surface area contributed by atoms with E-state index in [9.17, 15) is 0 Å². The Labute approximate surface area is 153 Å². The van der Waals surface area contributed by atoms with Gasteiger partial charge in [-0.2, -0.15) is 0 Å². The van der Waals surface area contributed by atoms with E-state index in [1.165, 1.54) is 33.4 Å². The molecule has 0 spiro atoms. The summed E-state index contributed by atoms with van der Waals surface area (Å²) in [7, 11) is 0. The highest BCUT2D eigenvalue weighted by molar-refractivity contribution is 5.96. The van der Waals surface area contributed by atoms with Crippen LogP contribution in [0, 0.1) is 0 Å². The number of para-hydroxylation sites is 1. The smallest absolute Gasteiger partial charge is 0.162 e. The molecule has 1 aliphatic carbocycles. The maximum atomic E-state index is 5.86. The zero-order chi connectivity index (χ0) is 17.5. The molecule has 0 radical (unpaired) electrons. The lowest BCUT2D eigenvalue weighted by Crippen LogP contribution is -2.23. The van der Waals surface area contributed by atoms with E-state index in [-0.39, 0.29) is 0 Å². The average molecular weight is 337 g/mol. The van der Waals surface area contributed by atoms with Gasteiger partial charge in [0.05, 0.1) is 5.70 Å². The van der Waals surface area contributed by atoms with Gasteiger partial charge in [-0.25, -0.2) is 5.48 Å². The second-order valence-corrected chi connectivity index (χ2v) is 6.71. The molecule has 1 aliphatic heterocycles. The minimum Gasteiger partial charge on any atom is -0.381 e. The highest BCUT2D eigenvalue weighted by Crippen LogP contribution is 2.43. The predicted molar refractivity (Wildman–Crippen MR) is 107 cm³/mol. The largest absolute Gasteiger partial charge is 0.381 e. The van der Waals surface area contributed by atoms with Crippen molar-refractivity contribution in [3.8, 4) is 16.9 Å². The highest BCUT2D eigenvalue weighted by Gasteiger charge is 2.26. The van der Waals surface area contributed by atoms with Gasteiger partial charge in [-0.05, 0) is 46.7 Å². The molecule has 2 heteroatoms. The Morgan fingerprint density at radius 1 is 0.846 bits per heavy atom. The molecule has 1 heterocycles. The van der Waals surface area contributed by atoms with Crippen LogP contribution in [0.4, 0.5) is 0 Å². The van der Waals surface area contributed by atoms with Crippen LogP contribution in [-0.2, 0) is 6.42 Å². The fourth-order valence-corrected chi connectivity index (χ4v) is 4.07. The van der Waals surface area contributed by atoms with Crippen molar-refractivity contribution in [1.82, 2.24) is 5.48 Å². The molecule has 0 fully saturated rings. The first kappa shape index (κ1) is 15.0. The quantitative estimate of drug-likeness (QED) is 0.491. The number of hydrogen-bond donors (Lipinski definition) is 1. The second kappa shape index (κ2) is 5.92. The first-order valence-corrected chi connectivity index (χ1v) is 8.93. The highest BCUT2D eigenvalue weighted by atomic mass is 16.6. The van der Waals surface area contributed by atoms with Gasteiger partial charge < -0.3 is 4.84 Å². The SMILES string of the molecule is C=CCC1=C(c2cccc3c2Cc2ccccc2-3)NOc2ccccc21. The molecule has 2 aliphatic rings. The van der Waals surface area contributed by atoms with E-state index in [0.717, 1.165) is 29.9 Å². The Bertz CT molecular complexity index is 1060. The number of nitrogens with one attached hydrogen (secondary N) is 1. The monoisotopic (exact) mass is 337 g/mol. The summed E-state index contributed by atoms with van der Waals surface area (Å²) < 4.78 is 0. The van der Waals surface area contributed by atoms with E-state index >= 15 is 0 Å². The van der Waals surface area contributed by atoms with E-state index in [1.54, 1.807) is 0 Å². The molecular formula is C24H19NO. The van der Waals surface area contributed by atoms with Crippen LogP contribution in [0.5, 0.6) is 5.75 Å². The van der Waals surface area contributed by atoms with Gasteiger partial charge in [0.15, 0.2) is 5.75 Å². The first-order valence-electron chi connectivity index (χ1n) is 8.93. The molecule has 126 valence electrons. The fraction of sp³-hybridized carbons (Fsp3) is 0.0833. The molecular weight excluding hydrogens is 318 g/mol. The molecule has 3 aromatic carbocycles. The van der Waals surface area contributed by atoms with Gasteiger partial charge in [-0.1, -0.05) is 66.7 Å². The second-order valence-electron chi connectivity index (χ2n) is 6.71. The number of allylic oxidation sites excluding steroid dienone is 2. The zero-order valence-corrected chi connectivity index (χ0v) is 14.5. The van der Waals surface area contributed by atoms with Crippen molar-refractivity contribution in [1.29, 1.82) is 0 Å². The van der Waals surface area contributed by atoms with Crippen LogP contribution < -0.4 is 10.3 Å². The molecule has 0 amide bonds. The molecule has 0 atom stereocenters. The molecule has 0 saturated carbocycles. The van der Waals surface area contributed by atoms with E-state index in [2.05, 4.69) is 66.7 Å². The summed E-state index contributed by atoms with van der Waals surface area (Å²) in [5.41, 5.74) is 13.3. The van der Waals surface area contributed by atoms with Crippen LogP contribution in [-0.4, -0.2) is 0 Å². The predicted octanol–water partition coefficient (Wildman–Crippen LogP) is 5.60. The van der Waals surface area contributed by atoms with E-state index in [0.29, 0.717) is 0 Å². The summed E-state index contributed by atoms with van der Waals surface area (Å²) in [6.07, 6.45) is 3.70. The van der Waals surface area contributed by atoms with Gasteiger partial charge in [0.1, 0.15) is 0 Å². The van der Waals surface area contributed by atoms with Crippen molar-refractivity contribution in [2.45, 2.75) is 12.8 Å². The summed E-state index contributed by atoms with van der Waals surface area (Å²) in [5, 5.41) is 0. The zero-order valence-electron chi connectivity index (χ0n) is 14.5. The number of hydroxylamine groups is 1. The third kappa shape index (κ3) is 2.19. The Kier molecular flexibility index (Phi) is 3.42. The lowest BCUT2D eigenvalue weighted by molar-refractivity contribution is 0.248. The van der Waals surface area contributed by atoms with Crippen molar-refractivity contribution >= 4 is 11.3 Å². The lowest BCUT2D eigenvalue weighted by Gasteiger charge is -2.25. The molecule has 26 heavy (non-hydrogen) atoms. The normalized spacial score (nSPS) is 14.0. The van der Waals surface area contributed by atoms with Crippen LogP contribution in [0.3, 0.4) is 0 Å². The van der Waals surface area contributed by atoms with E-state index < -0.39 is 0 Å². The molecule has 0 unspecified atom stereocenters. The molecule has 2 nitrogen and oxygen atoms in total. The van der Waals surface area contributed by atoms with Crippen LogP contribution in [0.1, 0.15) is 28.7 Å². The molecule has 3 aromatic rings. The third-order valence-electron chi connectivity index (χ3n) is 5.25. The Hall–Kier alpha value is -3.26. The minimum atomic E-state index is 0.791. The van der Waals surface area contributed by atoms with Gasteiger partial charge in [-0.15, -0.1) is 6.58 Å². The number of hydrogen-bond acceptors (Lipinski definition) is 2. The molecule has 0 bridgehead atoms. The van der Waals surface area contributed by atoms with Gasteiger partial charge in [0.2, 0.25) is 0 Å². The molecule has 0 saturated heterocycles. The van der Waals surface area contributed by atoms with Crippen LogP contribution in [0.2, 0.25) is 0 Å². The van der Waals surface area contributed by atoms with Gasteiger partial charge >= 0.3 is 0 Å². The van der Waals surface area contributed by atoms with Gasteiger partial charge in [0, 0.05) is 11.1 Å².